The van der Waals surface area contributed by atoms with E-state index in [2.05, 4.69) is 10.0 Å². The van der Waals surface area contributed by atoms with Crippen LogP contribution in [0.2, 0.25) is 5.02 Å². The molecule has 0 heterocycles. The van der Waals surface area contributed by atoms with Crippen LogP contribution in [0.3, 0.4) is 0 Å². The fourth-order valence-electron chi connectivity index (χ4n) is 2.42. The first-order valence-corrected chi connectivity index (χ1v) is 9.96. The summed E-state index contributed by atoms with van der Waals surface area (Å²) >= 11 is 5.91. The minimum atomic E-state index is -3.74. The van der Waals surface area contributed by atoms with E-state index in [9.17, 15) is 13.2 Å². The van der Waals surface area contributed by atoms with Gasteiger partial charge in [-0.05, 0) is 55.5 Å². The summed E-state index contributed by atoms with van der Waals surface area (Å²) in [6.07, 6.45) is 0. The molecule has 0 aromatic heterocycles. The zero-order valence-corrected chi connectivity index (χ0v) is 16.0. The second kappa shape index (κ2) is 7.82. The maximum atomic E-state index is 12.5. The van der Waals surface area contributed by atoms with E-state index in [1.165, 1.54) is 18.2 Å². The smallest absolute Gasteiger partial charge is 0.261 e. The molecule has 0 bridgehead atoms. The van der Waals surface area contributed by atoms with Crippen LogP contribution in [0.5, 0.6) is 0 Å². The average Bonchev–Trinajstić information content (AvgIpc) is 2.62. The summed E-state index contributed by atoms with van der Waals surface area (Å²) in [6, 6.07) is 19.6. The molecule has 2 N–H and O–H groups in total. The molecule has 0 unspecified atom stereocenters. The van der Waals surface area contributed by atoms with E-state index in [4.69, 9.17) is 11.6 Å². The molecule has 0 fully saturated rings. The number of amides is 1. The molecule has 0 aliphatic carbocycles. The van der Waals surface area contributed by atoms with Crippen molar-refractivity contribution in [2.24, 2.45) is 0 Å². The Morgan fingerprint density at radius 1 is 0.889 bits per heavy atom. The minimum absolute atomic E-state index is 0.155. The van der Waals surface area contributed by atoms with Crippen molar-refractivity contribution < 1.29 is 13.2 Å². The zero-order valence-electron chi connectivity index (χ0n) is 14.4. The Bertz CT molecular complexity index is 1080. The van der Waals surface area contributed by atoms with E-state index in [1.807, 2.05) is 6.92 Å². The van der Waals surface area contributed by atoms with Gasteiger partial charge in [0.15, 0.2) is 0 Å². The Balaban J connectivity index is 1.79. The maximum absolute atomic E-state index is 12.5. The van der Waals surface area contributed by atoms with Gasteiger partial charge in [-0.3, -0.25) is 9.52 Å². The first-order valence-electron chi connectivity index (χ1n) is 8.10. The van der Waals surface area contributed by atoms with E-state index in [0.29, 0.717) is 22.0 Å². The van der Waals surface area contributed by atoms with Crippen molar-refractivity contribution in [3.63, 3.8) is 0 Å². The highest BCUT2D eigenvalue weighted by atomic mass is 35.5. The number of nitrogens with one attached hydrogen (secondary N) is 2. The number of anilines is 2. The summed E-state index contributed by atoms with van der Waals surface area (Å²) in [7, 11) is -3.74. The van der Waals surface area contributed by atoms with E-state index >= 15 is 0 Å². The molecule has 0 radical (unpaired) electrons. The van der Waals surface area contributed by atoms with E-state index in [0.717, 1.165) is 5.56 Å². The van der Waals surface area contributed by atoms with Crippen molar-refractivity contribution in [2.45, 2.75) is 11.8 Å². The second-order valence-electron chi connectivity index (χ2n) is 5.96. The van der Waals surface area contributed by atoms with Gasteiger partial charge in [0.05, 0.1) is 4.90 Å². The molecule has 0 saturated heterocycles. The summed E-state index contributed by atoms with van der Waals surface area (Å²) < 4.78 is 27.5. The lowest BCUT2D eigenvalue weighted by Crippen LogP contribution is -2.15. The van der Waals surface area contributed by atoms with Crippen LogP contribution in [0, 0.1) is 6.92 Å². The fraction of sp³-hybridized carbons (Fsp3) is 0.0500. The quantitative estimate of drug-likeness (QED) is 0.651. The van der Waals surface area contributed by atoms with Crippen LogP contribution in [0.4, 0.5) is 11.4 Å². The van der Waals surface area contributed by atoms with Crippen LogP contribution < -0.4 is 10.0 Å². The standard InChI is InChI=1S/C20H17ClN2O3S/c1-14-8-10-19(11-9-14)27(25,26)23-18-7-2-4-15(12-18)20(24)22-17-6-3-5-16(21)13-17/h2-13,23H,1H3,(H,22,24). The van der Waals surface area contributed by atoms with Crippen LogP contribution in [0.25, 0.3) is 0 Å². The average molecular weight is 401 g/mol. The summed E-state index contributed by atoms with van der Waals surface area (Å²) in [4.78, 5) is 12.6. The number of carbonyl (C=O) groups is 1. The fourth-order valence-corrected chi connectivity index (χ4v) is 3.66. The van der Waals surface area contributed by atoms with Gasteiger partial charge >= 0.3 is 0 Å². The van der Waals surface area contributed by atoms with Gasteiger partial charge in [0, 0.05) is 22.0 Å². The third-order valence-electron chi connectivity index (χ3n) is 3.79. The molecule has 138 valence electrons. The molecule has 3 rings (SSSR count). The van der Waals surface area contributed by atoms with Crippen LogP contribution >= 0.6 is 11.6 Å². The number of rotatable bonds is 5. The molecule has 0 aliphatic heterocycles. The van der Waals surface area contributed by atoms with Crippen LogP contribution in [0.1, 0.15) is 15.9 Å². The van der Waals surface area contributed by atoms with Crippen LogP contribution in [0.15, 0.2) is 77.7 Å². The van der Waals surface area contributed by atoms with Gasteiger partial charge in [-0.1, -0.05) is 41.4 Å². The van der Waals surface area contributed by atoms with Crippen molar-refractivity contribution in [3.05, 3.63) is 88.9 Å². The molecular weight excluding hydrogens is 384 g/mol. The number of benzene rings is 3. The topological polar surface area (TPSA) is 75.3 Å². The van der Waals surface area contributed by atoms with Crippen LogP contribution in [-0.2, 0) is 10.0 Å². The van der Waals surface area contributed by atoms with Crippen molar-refractivity contribution in [1.29, 1.82) is 0 Å². The lowest BCUT2D eigenvalue weighted by molar-refractivity contribution is 0.102. The molecule has 7 heteroatoms. The van der Waals surface area contributed by atoms with Gasteiger partial charge in [0.2, 0.25) is 0 Å². The molecule has 3 aromatic carbocycles. The highest BCUT2D eigenvalue weighted by molar-refractivity contribution is 7.92. The van der Waals surface area contributed by atoms with Gasteiger partial charge in [-0.2, -0.15) is 0 Å². The van der Waals surface area contributed by atoms with Gasteiger partial charge < -0.3 is 5.32 Å². The Morgan fingerprint density at radius 2 is 1.56 bits per heavy atom. The molecule has 5 nitrogen and oxygen atoms in total. The SMILES string of the molecule is Cc1ccc(S(=O)(=O)Nc2cccc(C(=O)Nc3cccc(Cl)c3)c2)cc1. The van der Waals surface area contributed by atoms with Crippen molar-refractivity contribution in [1.82, 2.24) is 0 Å². The summed E-state index contributed by atoms with van der Waals surface area (Å²) in [5.41, 5.74) is 2.14. The summed E-state index contributed by atoms with van der Waals surface area (Å²) in [5.74, 6) is -0.367. The predicted molar refractivity (Wildman–Crippen MR) is 108 cm³/mol. The zero-order chi connectivity index (χ0) is 19.4. The number of aryl methyl sites for hydroxylation is 1. The molecule has 0 aliphatic rings. The second-order valence-corrected chi connectivity index (χ2v) is 8.08. The number of halogens is 1. The molecule has 0 atom stereocenters. The van der Waals surface area contributed by atoms with Crippen LogP contribution in [-0.4, -0.2) is 14.3 Å². The molecule has 0 spiro atoms. The van der Waals surface area contributed by atoms with Gasteiger partial charge in [-0.25, -0.2) is 8.42 Å². The summed E-state index contributed by atoms with van der Waals surface area (Å²) in [5, 5.41) is 3.23. The number of hydrogen-bond donors (Lipinski definition) is 2. The Morgan fingerprint density at radius 3 is 2.26 bits per heavy atom. The van der Waals surface area contributed by atoms with Gasteiger partial charge in [0.25, 0.3) is 15.9 Å². The molecule has 3 aromatic rings. The lowest BCUT2D eigenvalue weighted by Gasteiger charge is -2.10. The van der Waals surface area contributed by atoms with Crippen molar-refractivity contribution >= 4 is 38.9 Å². The van der Waals surface area contributed by atoms with Crippen molar-refractivity contribution in [3.8, 4) is 0 Å². The number of carbonyl (C=O) groups excluding carboxylic acids is 1. The number of sulfonamides is 1. The minimum Gasteiger partial charge on any atom is -0.322 e. The van der Waals surface area contributed by atoms with E-state index < -0.39 is 10.0 Å². The number of hydrogen-bond acceptors (Lipinski definition) is 3. The summed E-state index contributed by atoms with van der Waals surface area (Å²) in [6.45, 7) is 1.88. The lowest BCUT2D eigenvalue weighted by atomic mass is 10.2. The largest absolute Gasteiger partial charge is 0.322 e. The monoisotopic (exact) mass is 400 g/mol. The first-order chi connectivity index (χ1) is 12.8. The van der Waals surface area contributed by atoms with E-state index in [-0.39, 0.29) is 10.8 Å². The predicted octanol–water partition coefficient (Wildman–Crippen LogP) is 4.70. The first kappa shape index (κ1) is 18.9. The molecule has 1 amide bonds. The Labute approximate surface area is 163 Å². The van der Waals surface area contributed by atoms with E-state index in [1.54, 1.807) is 54.6 Å². The highest BCUT2D eigenvalue weighted by Crippen LogP contribution is 2.20. The Hall–Kier alpha value is -2.83. The van der Waals surface area contributed by atoms with Crippen molar-refractivity contribution in [2.75, 3.05) is 10.0 Å². The molecule has 0 saturated carbocycles. The van der Waals surface area contributed by atoms with Gasteiger partial charge in [-0.15, -0.1) is 0 Å². The normalized spacial score (nSPS) is 11.0. The third kappa shape index (κ3) is 4.87. The Kier molecular flexibility index (Phi) is 5.48. The maximum Gasteiger partial charge on any atom is 0.261 e. The molecular formula is C20H17ClN2O3S. The molecule has 27 heavy (non-hydrogen) atoms. The highest BCUT2D eigenvalue weighted by Gasteiger charge is 2.15. The third-order valence-corrected chi connectivity index (χ3v) is 5.42. The van der Waals surface area contributed by atoms with Gasteiger partial charge in [0.1, 0.15) is 0 Å².